The molecule has 0 saturated carbocycles. The topological polar surface area (TPSA) is 72.3 Å². The molecule has 4 N–H and O–H groups in total. The van der Waals surface area contributed by atoms with E-state index in [-0.39, 0.29) is 11.8 Å². The van der Waals surface area contributed by atoms with E-state index in [9.17, 15) is 4.79 Å². The van der Waals surface area contributed by atoms with Crippen molar-refractivity contribution < 1.29 is 4.79 Å². The number of primary amides is 1. The predicted molar refractivity (Wildman–Crippen MR) is 74.3 cm³/mol. The fraction of sp³-hybridized carbons (Fsp3) is 0.500. The van der Waals surface area contributed by atoms with E-state index in [2.05, 4.69) is 11.8 Å². The molecule has 98 valence electrons. The number of para-hydroxylation sites is 1. The van der Waals surface area contributed by atoms with Gasteiger partial charge in [0, 0.05) is 12.6 Å². The lowest BCUT2D eigenvalue weighted by atomic mass is 9.92. The standard InChI is InChI=1S/C14H21N3O/c1-9-4-3-5-12(13(9)15)17-8-11(14(16)18)7-6-10(17)2/h3-5,10-11H,6-8,15H2,1-2H3,(H2,16,18). The van der Waals surface area contributed by atoms with Crippen LogP contribution in [0.15, 0.2) is 18.2 Å². The highest BCUT2D eigenvalue weighted by atomic mass is 16.1. The van der Waals surface area contributed by atoms with Gasteiger partial charge in [0.05, 0.1) is 17.3 Å². The summed E-state index contributed by atoms with van der Waals surface area (Å²) in [4.78, 5) is 13.6. The van der Waals surface area contributed by atoms with Gasteiger partial charge >= 0.3 is 0 Å². The molecule has 18 heavy (non-hydrogen) atoms. The van der Waals surface area contributed by atoms with Crippen molar-refractivity contribution in [3.63, 3.8) is 0 Å². The van der Waals surface area contributed by atoms with Gasteiger partial charge in [-0.3, -0.25) is 4.79 Å². The zero-order valence-electron chi connectivity index (χ0n) is 11.0. The molecule has 1 amide bonds. The fourth-order valence-corrected chi connectivity index (χ4v) is 2.59. The lowest BCUT2D eigenvalue weighted by molar-refractivity contribution is -0.122. The maximum atomic E-state index is 11.4. The number of rotatable bonds is 2. The molecule has 1 fully saturated rings. The number of benzene rings is 1. The first-order valence-electron chi connectivity index (χ1n) is 6.41. The predicted octanol–water partition coefficient (Wildman–Crippen LogP) is 1.67. The maximum absolute atomic E-state index is 11.4. The van der Waals surface area contributed by atoms with E-state index in [0.29, 0.717) is 12.6 Å². The highest BCUT2D eigenvalue weighted by Crippen LogP contribution is 2.32. The van der Waals surface area contributed by atoms with Crippen LogP contribution in [-0.4, -0.2) is 18.5 Å². The Hall–Kier alpha value is -1.71. The number of nitrogen functional groups attached to an aromatic ring is 1. The normalized spacial score (nSPS) is 24.0. The third-order valence-electron chi connectivity index (χ3n) is 3.89. The Kier molecular flexibility index (Phi) is 3.45. The van der Waals surface area contributed by atoms with Crippen molar-refractivity contribution in [1.82, 2.24) is 0 Å². The van der Waals surface area contributed by atoms with Crippen LogP contribution < -0.4 is 16.4 Å². The summed E-state index contributed by atoms with van der Waals surface area (Å²) in [6.07, 6.45) is 1.85. The Bertz CT molecular complexity index is 458. The number of carbonyl (C=O) groups excluding carboxylic acids is 1. The molecule has 0 aromatic heterocycles. The van der Waals surface area contributed by atoms with Crippen molar-refractivity contribution in [1.29, 1.82) is 0 Å². The van der Waals surface area contributed by atoms with Gasteiger partial charge in [0.2, 0.25) is 5.91 Å². The Morgan fingerprint density at radius 3 is 2.78 bits per heavy atom. The van der Waals surface area contributed by atoms with Crippen molar-refractivity contribution in [3.8, 4) is 0 Å². The number of nitrogens with two attached hydrogens (primary N) is 2. The molecule has 0 radical (unpaired) electrons. The van der Waals surface area contributed by atoms with Gasteiger partial charge in [-0.15, -0.1) is 0 Å². The van der Waals surface area contributed by atoms with Gasteiger partial charge in [0.15, 0.2) is 0 Å². The van der Waals surface area contributed by atoms with Gasteiger partial charge < -0.3 is 16.4 Å². The summed E-state index contributed by atoms with van der Waals surface area (Å²) < 4.78 is 0. The number of piperidine rings is 1. The molecule has 0 bridgehead atoms. The summed E-state index contributed by atoms with van der Waals surface area (Å²) >= 11 is 0. The average Bonchev–Trinajstić information content (AvgIpc) is 2.33. The third kappa shape index (κ3) is 2.28. The summed E-state index contributed by atoms with van der Waals surface area (Å²) in [6.45, 7) is 4.84. The molecule has 4 nitrogen and oxygen atoms in total. The van der Waals surface area contributed by atoms with Gasteiger partial charge in [-0.25, -0.2) is 0 Å². The van der Waals surface area contributed by atoms with Crippen LogP contribution in [0.3, 0.4) is 0 Å². The Morgan fingerprint density at radius 2 is 2.11 bits per heavy atom. The molecule has 1 heterocycles. The van der Waals surface area contributed by atoms with E-state index in [0.717, 1.165) is 29.8 Å². The summed E-state index contributed by atoms with van der Waals surface area (Å²) in [5.41, 5.74) is 14.5. The number of amides is 1. The lowest BCUT2D eigenvalue weighted by Gasteiger charge is -2.39. The molecule has 1 aliphatic rings. The van der Waals surface area contributed by atoms with Gasteiger partial charge in [-0.1, -0.05) is 12.1 Å². The number of hydrogen-bond donors (Lipinski definition) is 2. The van der Waals surface area contributed by atoms with Crippen LogP contribution in [-0.2, 0) is 4.79 Å². The third-order valence-corrected chi connectivity index (χ3v) is 3.89. The summed E-state index contributed by atoms with van der Waals surface area (Å²) in [5.74, 6) is -0.278. The number of nitrogens with zero attached hydrogens (tertiary/aromatic N) is 1. The van der Waals surface area contributed by atoms with Crippen LogP contribution in [0.1, 0.15) is 25.3 Å². The minimum absolute atomic E-state index is 0.0684. The Labute approximate surface area is 108 Å². The van der Waals surface area contributed by atoms with Gasteiger partial charge in [0.1, 0.15) is 0 Å². The minimum Gasteiger partial charge on any atom is -0.397 e. The number of aryl methyl sites for hydroxylation is 1. The second-order valence-electron chi connectivity index (χ2n) is 5.19. The van der Waals surface area contributed by atoms with Crippen LogP contribution in [0.2, 0.25) is 0 Å². The lowest BCUT2D eigenvalue weighted by Crippen LogP contribution is -2.46. The molecule has 1 saturated heterocycles. The molecular formula is C14H21N3O. The second kappa shape index (κ2) is 4.88. The summed E-state index contributed by atoms with van der Waals surface area (Å²) in [7, 11) is 0. The van der Waals surface area contributed by atoms with Crippen molar-refractivity contribution >= 4 is 17.3 Å². The zero-order valence-corrected chi connectivity index (χ0v) is 11.0. The molecule has 2 rings (SSSR count). The van der Waals surface area contributed by atoms with Gasteiger partial charge in [0.25, 0.3) is 0 Å². The largest absolute Gasteiger partial charge is 0.397 e. The van der Waals surface area contributed by atoms with Gasteiger partial charge in [-0.2, -0.15) is 0 Å². The number of anilines is 2. The van der Waals surface area contributed by atoms with Gasteiger partial charge in [-0.05, 0) is 38.3 Å². The first-order valence-corrected chi connectivity index (χ1v) is 6.41. The van der Waals surface area contributed by atoms with Crippen LogP contribution in [0.4, 0.5) is 11.4 Å². The van der Waals surface area contributed by atoms with E-state index in [1.54, 1.807) is 0 Å². The first kappa shape index (κ1) is 12.7. The molecule has 1 aromatic rings. The van der Waals surface area contributed by atoms with E-state index in [1.165, 1.54) is 0 Å². The second-order valence-corrected chi connectivity index (χ2v) is 5.19. The first-order chi connectivity index (χ1) is 8.50. The quantitative estimate of drug-likeness (QED) is 0.781. The minimum atomic E-state index is -0.210. The van der Waals surface area contributed by atoms with Crippen LogP contribution in [0.25, 0.3) is 0 Å². The molecule has 2 atom stereocenters. The van der Waals surface area contributed by atoms with E-state index >= 15 is 0 Å². The van der Waals surface area contributed by atoms with Crippen molar-refractivity contribution in [2.24, 2.45) is 11.7 Å². The number of carbonyl (C=O) groups is 1. The van der Waals surface area contributed by atoms with Crippen molar-refractivity contribution in [3.05, 3.63) is 23.8 Å². The highest BCUT2D eigenvalue weighted by Gasteiger charge is 2.29. The van der Waals surface area contributed by atoms with E-state index in [4.69, 9.17) is 11.5 Å². The SMILES string of the molecule is Cc1cccc(N2CC(C(N)=O)CCC2C)c1N. The molecule has 0 aliphatic carbocycles. The van der Waals surface area contributed by atoms with Crippen LogP contribution in [0, 0.1) is 12.8 Å². The molecule has 1 aromatic carbocycles. The zero-order chi connectivity index (χ0) is 13.3. The summed E-state index contributed by atoms with van der Waals surface area (Å²) in [5, 5.41) is 0. The Morgan fingerprint density at radius 1 is 1.39 bits per heavy atom. The molecular weight excluding hydrogens is 226 g/mol. The fourth-order valence-electron chi connectivity index (χ4n) is 2.59. The molecule has 1 aliphatic heterocycles. The van der Waals surface area contributed by atoms with Crippen LogP contribution in [0.5, 0.6) is 0 Å². The summed E-state index contributed by atoms with van der Waals surface area (Å²) in [6, 6.07) is 6.41. The number of hydrogen-bond acceptors (Lipinski definition) is 3. The van der Waals surface area contributed by atoms with E-state index < -0.39 is 0 Å². The maximum Gasteiger partial charge on any atom is 0.222 e. The van der Waals surface area contributed by atoms with E-state index in [1.807, 2.05) is 25.1 Å². The van der Waals surface area contributed by atoms with Crippen molar-refractivity contribution in [2.75, 3.05) is 17.2 Å². The molecule has 4 heteroatoms. The molecule has 2 unspecified atom stereocenters. The molecule has 0 spiro atoms. The average molecular weight is 247 g/mol. The smallest absolute Gasteiger partial charge is 0.222 e. The van der Waals surface area contributed by atoms with Crippen molar-refractivity contribution in [2.45, 2.75) is 32.7 Å². The van der Waals surface area contributed by atoms with Crippen LogP contribution >= 0.6 is 0 Å². The highest BCUT2D eigenvalue weighted by molar-refractivity contribution is 5.79. The Balaban J connectivity index is 2.30. The monoisotopic (exact) mass is 247 g/mol.